The van der Waals surface area contributed by atoms with Crippen molar-refractivity contribution in [3.05, 3.63) is 66.0 Å². The number of rotatable bonds is 3. The van der Waals surface area contributed by atoms with E-state index in [9.17, 15) is 5.11 Å². The van der Waals surface area contributed by atoms with E-state index >= 15 is 0 Å². The molecule has 26 heavy (non-hydrogen) atoms. The Balaban J connectivity index is 1.82. The number of hydrogen-bond acceptors (Lipinski definition) is 4. The number of aromatic hydroxyl groups is 1. The molecule has 2 heterocycles. The molecule has 2 aromatic carbocycles. The Hall–Kier alpha value is -3.21. The van der Waals surface area contributed by atoms with Crippen molar-refractivity contribution in [3.8, 4) is 22.7 Å². The van der Waals surface area contributed by atoms with Crippen LogP contribution in [0.4, 0.5) is 0 Å². The molecule has 0 aliphatic rings. The monoisotopic (exact) mass is 344 g/mol. The first-order valence-corrected chi connectivity index (χ1v) is 8.65. The maximum absolute atomic E-state index is 10.3. The lowest BCUT2D eigenvalue weighted by molar-refractivity contribution is 0.480. The van der Waals surface area contributed by atoms with Crippen molar-refractivity contribution in [2.24, 2.45) is 0 Å². The second-order valence-electron chi connectivity index (χ2n) is 6.81. The van der Waals surface area contributed by atoms with E-state index in [1.165, 1.54) is 5.56 Å². The average Bonchev–Trinajstić information content (AvgIpc) is 3.12. The van der Waals surface area contributed by atoms with Crippen LogP contribution in [0, 0.1) is 6.92 Å². The van der Waals surface area contributed by atoms with Crippen molar-refractivity contribution >= 4 is 10.9 Å². The van der Waals surface area contributed by atoms with Gasteiger partial charge in [-0.25, -0.2) is 9.67 Å². The first kappa shape index (κ1) is 16.3. The standard InChI is InChI=1S/C21H20N4O/c1-13(2)17-9-8-16-19(10-11-20(26)21(16)22-17)25-12-18(23-24-25)15-6-4-14(3)5-7-15/h4-13,26H,1-3H3. The topological polar surface area (TPSA) is 63.8 Å². The second-order valence-corrected chi connectivity index (χ2v) is 6.81. The lowest BCUT2D eigenvalue weighted by Crippen LogP contribution is -1.99. The molecule has 2 aromatic heterocycles. The molecule has 5 nitrogen and oxygen atoms in total. The van der Waals surface area contributed by atoms with E-state index in [1.807, 2.05) is 36.5 Å². The van der Waals surface area contributed by atoms with E-state index in [1.54, 1.807) is 10.7 Å². The van der Waals surface area contributed by atoms with Gasteiger partial charge in [-0.15, -0.1) is 5.10 Å². The molecular formula is C21H20N4O. The summed E-state index contributed by atoms with van der Waals surface area (Å²) in [5.41, 5.74) is 5.40. The Morgan fingerprint density at radius 1 is 0.962 bits per heavy atom. The summed E-state index contributed by atoms with van der Waals surface area (Å²) in [6, 6.07) is 15.7. The van der Waals surface area contributed by atoms with Crippen LogP contribution in [0.1, 0.15) is 31.0 Å². The second kappa shape index (κ2) is 6.26. The number of aryl methyl sites for hydroxylation is 1. The first-order chi connectivity index (χ1) is 12.5. The molecule has 0 aliphatic heterocycles. The van der Waals surface area contributed by atoms with Crippen molar-refractivity contribution in [3.63, 3.8) is 0 Å². The van der Waals surface area contributed by atoms with E-state index in [4.69, 9.17) is 0 Å². The lowest BCUT2D eigenvalue weighted by Gasteiger charge is -2.10. The van der Waals surface area contributed by atoms with Gasteiger partial charge in [-0.1, -0.05) is 48.9 Å². The fourth-order valence-electron chi connectivity index (χ4n) is 2.96. The van der Waals surface area contributed by atoms with Crippen LogP contribution < -0.4 is 0 Å². The van der Waals surface area contributed by atoms with Crippen molar-refractivity contribution in [1.82, 2.24) is 20.0 Å². The van der Waals surface area contributed by atoms with E-state index < -0.39 is 0 Å². The van der Waals surface area contributed by atoms with Crippen LogP contribution in [-0.2, 0) is 0 Å². The molecule has 4 aromatic rings. The fraction of sp³-hybridized carbons (Fsp3) is 0.190. The highest BCUT2D eigenvalue weighted by atomic mass is 16.3. The van der Waals surface area contributed by atoms with Gasteiger partial charge in [0.05, 0.1) is 11.9 Å². The van der Waals surface area contributed by atoms with Gasteiger partial charge >= 0.3 is 0 Å². The van der Waals surface area contributed by atoms with E-state index in [-0.39, 0.29) is 5.75 Å². The highest BCUT2D eigenvalue weighted by Crippen LogP contribution is 2.30. The Bertz CT molecular complexity index is 1080. The summed E-state index contributed by atoms with van der Waals surface area (Å²) >= 11 is 0. The minimum absolute atomic E-state index is 0.171. The third-order valence-electron chi connectivity index (χ3n) is 4.51. The summed E-state index contributed by atoms with van der Waals surface area (Å²) in [7, 11) is 0. The maximum Gasteiger partial charge on any atom is 0.141 e. The van der Waals surface area contributed by atoms with Gasteiger partial charge in [0.2, 0.25) is 0 Å². The number of pyridine rings is 1. The molecule has 0 bridgehead atoms. The van der Waals surface area contributed by atoms with Gasteiger partial charge in [-0.3, -0.25) is 0 Å². The fourth-order valence-corrected chi connectivity index (χ4v) is 2.96. The minimum atomic E-state index is 0.171. The van der Waals surface area contributed by atoms with Crippen molar-refractivity contribution in [1.29, 1.82) is 0 Å². The number of nitrogens with zero attached hydrogens (tertiary/aromatic N) is 4. The van der Waals surface area contributed by atoms with Gasteiger partial charge in [0.25, 0.3) is 0 Å². The smallest absolute Gasteiger partial charge is 0.141 e. The molecule has 1 N–H and O–H groups in total. The largest absolute Gasteiger partial charge is 0.506 e. The van der Waals surface area contributed by atoms with Gasteiger partial charge in [0.15, 0.2) is 0 Å². The van der Waals surface area contributed by atoms with Crippen molar-refractivity contribution in [2.75, 3.05) is 0 Å². The number of fused-ring (bicyclic) bond motifs is 1. The van der Waals surface area contributed by atoms with Crippen LogP contribution in [0.5, 0.6) is 5.75 Å². The molecule has 0 atom stereocenters. The highest BCUT2D eigenvalue weighted by molar-refractivity contribution is 5.91. The highest BCUT2D eigenvalue weighted by Gasteiger charge is 2.13. The molecule has 0 radical (unpaired) electrons. The minimum Gasteiger partial charge on any atom is -0.506 e. The number of hydrogen-bond donors (Lipinski definition) is 1. The van der Waals surface area contributed by atoms with Gasteiger partial charge < -0.3 is 5.11 Å². The molecule has 0 unspecified atom stereocenters. The lowest BCUT2D eigenvalue weighted by atomic mass is 10.1. The molecule has 0 saturated heterocycles. The molecule has 130 valence electrons. The van der Waals surface area contributed by atoms with Gasteiger partial charge in [-0.05, 0) is 37.1 Å². The van der Waals surface area contributed by atoms with Crippen molar-refractivity contribution in [2.45, 2.75) is 26.7 Å². The first-order valence-electron chi connectivity index (χ1n) is 8.65. The van der Waals surface area contributed by atoms with Crippen LogP contribution in [0.3, 0.4) is 0 Å². The van der Waals surface area contributed by atoms with Gasteiger partial charge in [0, 0.05) is 16.6 Å². The molecule has 0 fully saturated rings. The van der Waals surface area contributed by atoms with Crippen LogP contribution in [0.2, 0.25) is 0 Å². The van der Waals surface area contributed by atoms with E-state index in [2.05, 4.69) is 48.2 Å². The van der Waals surface area contributed by atoms with Crippen LogP contribution in [-0.4, -0.2) is 25.1 Å². The van der Waals surface area contributed by atoms with Gasteiger partial charge in [0.1, 0.15) is 17.0 Å². The maximum atomic E-state index is 10.3. The summed E-state index contributed by atoms with van der Waals surface area (Å²) in [6.45, 7) is 6.22. The Morgan fingerprint density at radius 2 is 1.73 bits per heavy atom. The SMILES string of the molecule is Cc1ccc(-c2cn(-c3ccc(O)c4nc(C(C)C)ccc34)nn2)cc1. The molecule has 4 rings (SSSR count). The molecule has 0 aliphatic carbocycles. The van der Waals surface area contributed by atoms with Crippen LogP contribution >= 0.6 is 0 Å². The average molecular weight is 344 g/mol. The summed E-state index contributed by atoms with van der Waals surface area (Å²) in [6.07, 6.45) is 1.90. The summed E-state index contributed by atoms with van der Waals surface area (Å²) < 4.78 is 1.73. The summed E-state index contributed by atoms with van der Waals surface area (Å²) in [4.78, 5) is 4.62. The number of phenolic OH excluding ortho intramolecular Hbond substituents is 1. The molecule has 0 saturated carbocycles. The predicted octanol–water partition coefficient (Wildman–Crippen LogP) is 4.62. The van der Waals surface area contributed by atoms with E-state index in [0.717, 1.165) is 28.0 Å². The molecule has 0 amide bonds. The van der Waals surface area contributed by atoms with Crippen LogP contribution in [0.25, 0.3) is 27.8 Å². The van der Waals surface area contributed by atoms with E-state index in [0.29, 0.717) is 11.4 Å². The van der Waals surface area contributed by atoms with Gasteiger partial charge in [-0.2, -0.15) is 0 Å². The zero-order valence-electron chi connectivity index (χ0n) is 15.0. The zero-order valence-corrected chi connectivity index (χ0v) is 15.0. The molecular weight excluding hydrogens is 324 g/mol. The predicted molar refractivity (Wildman–Crippen MR) is 103 cm³/mol. The Kier molecular flexibility index (Phi) is 3.92. The molecule has 0 spiro atoms. The van der Waals surface area contributed by atoms with Crippen molar-refractivity contribution < 1.29 is 5.11 Å². The normalized spacial score (nSPS) is 11.4. The summed E-state index contributed by atoms with van der Waals surface area (Å²) in [5, 5.41) is 19.7. The van der Waals surface area contributed by atoms with Crippen LogP contribution in [0.15, 0.2) is 54.7 Å². The Morgan fingerprint density at radius 3 is 2.46 bits per heavy atom. The number of aromatic nitrogens is 4. The number of phenols is 1. The zero-order chi connectivity index (χ0) is 18.3. The quantitative estimate of drug-likeness (QED) is 0.589. The Labute approximate surface area is 151 Å². The number of benzene rings is 2. The summed E-state index contributed by atoms with van der Waals surface area (Å²) in [5.74, 6) is 0.465. The third-order valence-corrected chi connectivity index (χ3v) is 4.51. The third kappa shape index (κ3) is 2.81. The molecule has 5 heteroatoms.